The zero-order valence-electron chi connectivity index (χ0n) is 15.1. The number of H-pyrrole nitrogens is 2. The predicted molar refractivity (Wildman–Crippen MR) is 104 cm³/mol. The number of nitrogens with zero attached hydrogens (tertiary/aromatic N) is 1. The van der Waals surface area contributed by atoms with Gasteiger partial charge in [-0.3, -0.25) is 9.36 Å². The van der Waals surface area contributed by atoms with E-state index in [0.717, 1.165) is 16.6 Å². The van der Waals surface area contributed by atoms with Gasteiger partial charge in [0.05, 0.1) is 11.3 Å². The number of para-hydroxylation sites is 1. The summed E-state index contributed by atoms with van der Waals surface area (Å²) in [6.07, 6.45) is 3.23. The molecule has 4 aromatic rings. The Morgan fingerprint density at radius 3 is 2.46 bits per heavy atom. The number of benzene rings is 2. The summed E-state index contributed by atoms with van der Waals surface area (Å²) in [5.41, 5.74) is 2.78. The van der Waals surface area contributed by atoms with Crippen molar-refractivity contribution < 1.29 is 14.3 Å². The van der Waals surface area contributed by atoms with Gasteiger partial charge in [0.1, 0.15) is 0 Å². The number of carbonyl (C=O) groups is 2. The molecule has 0 fully saturated rings. The highest BCUT2D eigenvalue weighted by Crippen LogP contribution is 2.18. The van der Waals surface area contributed by atoms with Gasteiger partial charge in [-0.1, -0.05) is 18.2 Å². The average molecular weight is 375 g/mol. The number of aromatic amines is 2. The number of aryl methyl sites for hydroxylation is 1. The minimum absolute atomic E-state index is 0.253. The Kier molecular flexibility index (Phi) is 4.41. The van der Waals surface area contributed by atoms with Crippen LogP contribution in [0.25, 0.3) is 16.6 Å². The molecule has 7 heteroatoms. The highest BCUT2D eigenvalue weighted by molar-refractivity contribution is 6.09. The second-order valence-corrected chi connectivity index (χ2v) is 6.36. The molecule has 28 heavy (non-hydrogen) atoms. The van der Waals surface area contributed by atoms with Gasteiger partial charge >= 0.3 is 11.7 Å². The topological polar surface area (TPSA) is 96.9 Å². The van der Waals surface area contributed by atoms with Crippen molar-refractivity contribution in [1.29, 1.82) is 0 Å². The molecule has 0 bridgehead atoms. The Hall–Kier alpha value is -3.87. The van der Waals surface area contributed by atoms with E-state index in [4.69, 9.17) is 4.74 Å². The minimum atomic E-state index is -0.599. The second-order valence-electron chi connectivity index (χ2n) is 6.36. The average Bonchev–Trinajstić information content (AvgIpc) is 3.29. The predicted octanol–water partition coefficient (Wildman–Crippen LogP) is 3.00. The third kappa shape index (κ3) is 3.14. The summed E-state index contributed by atoms with van der Waals surface area (Å²) >= 11 is 0. The van der Waals surface area contributed by atoms with Crippen molar-refractivity contribution in [3.05, 3.63) is 88.2 Å². The monoisotopic (exact) mass is 375 g/mol. The lowest BCUT2D eigenvalue weighted by Crippen LogP contribution is -2.16. The SMILES string of the molecule is Cc1c[nH]c(=O)n1-c1ccc(C(=O)OCC(=O)c2c[nH]c3ccccc23)cc1. The molecule has 0 aliphatic heterocycles. The summed E-state index contributed by atoms with van der Waals surface area (Å²) in [6.45, 7) is 1.45. The van der Waals surface area contributed by atoms with Gasteiger partial charge in [0.25, 0.3) is 0 Å². The number of Topliss-reactive ketones (excluding diaryl/α,β-unsaturated/α-hetero) is 1. The molecule has 0 aliphatic rings. The van der Waals surface area contributed by atoms with E-state index >= 15 is 0 Å². The molecule has 0 amide bonds. The second kappa shape index (κ2) is 7.03. The highest BCUT2D eigenvalue weighted by atomic mass is 16.5. The van der Waals surface area contributed by atoms with Crippen LogP contribution in [0.3, 0.4) is 0 Å². The first-order valence-corrected chi connectivity index (χ1v) is 8.68. The number of ether oxygens (including phenoxy) is 1. The first-order chi connectivity index (χ1) is 13.5. The summed E-state index contributed by atoms with van der Waals surface area (Å²) in [4.78, 5) is 42.1. The molecule has 2 aromatic carbocycles. The van der Waals surface area contributed by atoms with Gasteiger partial charge in [0.15, 0.2) is 6.61 Å². The fraction of sp³-hybridized carbons (Fsp3) is 0.0952. The van der Waals surface area contributed by atoms with Gasteiger partial charge < -0.3 is 14.7 Å². The van der Waals surface area contributed by atoms with E-state index < -0.39 is 5.97 Å². The number of nitrogens with one attached hydrogen (secondary N) is 2. The van der Waals surface area contributed by atoms with Gasteiger partial charge in [-0.15, -0.1) is 0 Å². The lowest BCUT2D eigenvalue weighted by atomic mass is 10.1. The van der Waals surface area contributed by atoms with Crippen LogP contribution in [0.4, 0.5) is 0 Å². The molecule has 2 N–H and O–H groups in total. The lowest BCUT2D eigenvalue weighted by molar-refractivity contribution is 0.0475. The van der Waals surface area contributed by atoms with Crippen LogP contribution in [0.2, 0.25) is 0 Å². The number of hydrogen-bond donors (Lipinski definition) is 2. The lowest BCUT2D eigenvalue weighted by Gasteiger charge is -2.07. The Morgan fingerprint density at radius 2 is 1.75 bits per heavy atom. The standard InChI is InChI=1S/C21H17N3O4/c1-13-10-23-21(27)24(13)15-8-6-14(7-9-15)20(26)28-12-19(25)17-11-22-18-5-3-2-4-16(17)18/h2-11,22H,12H2,1H3,(H,23,27). The fourth-order valence-electron chi connectivity index (χ4n) is 3.12. The summed E-state index contributed by atoms with van der Waals surface area (Å²) in [6, 6.07) is 13.9. The van der Waals surface area contributed by atoms with E-state index in [2.05, 4.69) is 9.97 Å². The first-order valence-electron chi connectivity index (χ1n) is 8.68. The van der Waals surface area contributed by atoms with Crippen molar-refractivity contribution in [2.45, 2.75) is 6.92 Å². The Morgan fingerprint density at radius 1 is 1.00 bits per heavy atom. The molecule has 2 aromatic heterocycles. The zero-order valence-corrected chi connectivity index (χ0v) is 15.1. The minimum Gasteiger partial charge on any atom is -0.454 e. The summed E-state index contributed by atoms with van der Waals surface area (Å²) in [5.74, 6) is -0.880. The molecule has 0 saturated carbocycles. The van der Waals surface area contributed by atoms with E-state index in [1.54, 1.807) is 43.6 Å². The molecule has 4 rings (SSSR count). The molecule has 2 heterocycles. The highest BCUT2D eigenvalue weighted by Gasteiger charge is 2.15. The van der Waals surface area contributed by atoms with Gasteiger partial charge in [0.2, 0.25) is 5.78 Å². The molecule has 7 nitrogen and oxygen atoms in total. The summed E-state index contributed by atoms with van der Waals surface area (Å²) in [7, 11) is 0. The largest absolute Gasteiger partial charge is 0.454 e. The van der Waals surface area contributed by atoms with E-state index in [9.17, 15) is 14.4 Å². The number of fused-ring (bicyclic) bond motifs is 1. The van der Waals surface area contributed by atoms with E-state index in [1.165, 1.54) is 4.57 Å². The molecule has 0 spiro atoms. The molecular weight excluding hydrogens is 358 g/mol. The number of carbonyl (C=O) groups excluding carboxylic acids is 2. The fourth-order valence-corrected chi connectivity index (χ4v) is 3.12. The summed E-state index contributed by atoms with van der Waals surface area (Å²) in [5, 5.41) is 0.792. The van der Waals surface area contributed by atoms with Crippen molar-refractivity contribution >= 4 is 22.7 Å². The smallest absolute Gasteiger partial charge is 0.338 e. The third-order valence-corrected chi connectivity index (χ3v) is 4.55. The Labute approximate surface area is 159 Å². The molecule has 140 valence electrons. The van der Waals surface area contributed by atoms with E-state index in [1.807, 2.05) is 24.3 Å². The molecule has 0 saturated heterocycles. The Bertz CT molecular complexity index is 1230. The van der Waals surface area contributed by atoms with Crippen molar-refractivity contribution in [2.75, 3.05) is 6.61 Å². The van der Waals surface area contributed by atoms with Crippen LogP contribution in [0.1, 0.15) is 26.4 Å². The molecule has 0 radical (unpaired) electrons. The van der Waals surface area contributed by atoms with Crippen molar-refractivity contribution in [3.63, 3.8) is 0 Å². The van der Waals surface area contributed by atoms with Crippen molar-refractivity contribution in [2.24, 2.45) is 0 Å². The number of aromatic nitrogens is 3. The van der Waals surface area contributed by atoms with Crippen LogP contribution in [0.5, 0.6) is 0 Å². The maximum Gasteiger partial charge on any atom is 0.338 e. The van der Waals surface area contributed by atoms with Crippen LogP contribution >= 0.6 is 0 Å². The number of rotatable bonds is 5. The normalized spacial score (nSPS) is 10.9. The van der Waals surface area contributed by atoms with Crippen LogP contribution in [-0.4, -0.2) is 32.9 Å². The number of ketones is 1. The Balaban J connectivity index is 1.45. The van der Waals surface area contributed by atoms with Crippen LogP contribution < -0.4 is 5.69 Å². The summed E-state index contributed by atoms with van der Waals surface area (Å²) < 4.78 is 6.66. The van der Waals surface area contributed by atoms with Crippen molar-refractivity contribution in [3.8, 4) is 5.69 Å². The molecular formula is C21H17N3O4. The molecule has 0 unspecified atom stereocenters. The number of imidazole rings is 1. The van der Waals surface area contributed by atoms with Crippen LogP contribution in [0, 0.1) is 6.92 Å². The maximum atomic E-state index is 12.4. The number of esters is 1. The maximum absolute atomic E-state index is 12.4. The van der Waals surface area contributed by atoms with E-state index in [-0.39, 0.29) is 18.1 Å². The first kappa shape index (κ1) is 17.5. The van der Waals surface area contributed by atoms with Crippen LogP contribution in [-0.2, 0) is 4.74 Å². The zero-order chi connectivity index (χ0) is 19.7. The van der Waals surface area contributed by atoms with E-state index in [0.29, 0.717) is 16.8 Å². The van der Waals surface area contributed by atoms with Crippen molar-refractivity contribution in [1.82, 2.24) is 14.5 Å². The van der Waals surface area contributed by atoms with Gasteiger partial charge in [0, 0.05) is 34.6 Å². The quantitative estimate of drug-likeness (QED) is 0.414. The molecule has 0 atom stereocenters. The van der Waals surface area contributed by atoms with Gasteiger partial charge in [-0.25, -0.2) is 9.59 Å². The number of hydrogen-bond acceptors (Lipinski definition) is 4. The van der Waals surface area contributed by atoms with Gasteiger partial charge in [-0.05, 0) is 37.3 Å². The molecule has 0 aliphatic carbocycles. The van der Waals surface area contributed by atoms with Crippen LogP contribution in [0.15, 0.2) is 65.7 Å². The third-order valence-electron chi connectivity index (χ3n) is 4.55. The van der Waals surface area contributed by atoms with Gasteiger partial charge in [-0.2, -0.15) is 0 Å².